The van der Waals surface area contributed by atoms with Crippen LogP contribution >= 0.6 is 15.9 Å². The lowest BCUT2D eigenvalue weighted by molar-refractivity contribution is 0.527. The van der Waals surface area contributed by atoms with Gasteiger partial charge in [0.2, 0.25) is 5.95 Å². The maximum absolute atomic E-state index is 4.36. The van der Waals surface area contributed by atoms with E-state index < -0.39 is 0 Å². The van der Waals surface area contributed by atoms with Crippen molar-refractivity contribution in [2.75, 3.05) is 5.32 Å². The fraction of sp³-hybridized carbons (Fsp3) is 0.357. The molecule has 1 aromatic heterocycles. The largest absolute Gasteiger partial charge is 0.326 e. The van der Waals surface area contributed by atoms with Gasteiger partial charge in [0.15, 0.2) is 0 Å². The summed E-state index contributed by atoms with van der Waals surface area (Å²) in [4.78, 5) is 4.36. The van der Waals surface area contributed by atoms with E-state index in [0.29, 0.717) is 5.92 Å². The first-order valence-electron chi connectivity index (χ1n) is 6.10. The molecule has 0 amide bonds. The Morgan fingerprint density at radius 2 is 2.17 bits per heavy atom. The van der Waals surface area contributed by atoms with Crippen LogP contribution < -0.4 is 5.32 Å². The van der Waals surface area contributed by atoms with E-state index in [0.717, 1.165) is 22.7 Å². The van der Waals surface area contributed by atoms with Crippen molar-refractivity contribution < 1.29 is 0 Å². The number of imidazole rings is 1. The molecule has 96 valence electrons. The van der Waals surface area contributed by atoms with Crippen molar-refractivity contribution in [2.45, 2.75) is 27.3 Å². The molecular weight excluding hydrogens is 290 g/mol. The summed E-state index contributed by atoms with van der Waals surface area (Å²) < 4.78 is 3.26. The van der Waals surface area contributed by atoms with Crippen LogP contribution in [-0.2, 0) is 6.54 Å². The Kier molecular flexibility index (Phi) is 4.07. The molecule has 0 aliphatic carbocycles. The summed E-state index contributed by atoms with van der Waals surface area (Å²) in [5, 5.41) is 3.36. The molecule has 0 aliphatic rings. The zero-order valence-corrected chi connectivity index (χ0v) is 12.5. The highest BCUT2D eigenvalue weighted by atomic mass is 79.9. The Labute approximate surface area is 116 Å². The van der Waals surface area contributed by atoms with E-state index in [4.69, 9.17) is 0 Å². The van der Waals surface area contributed by atoms with Crippen molar-refractivity contribution in [3.05, 3.63) is 40.6 Å². The van der Waals surface area contributed by atoms with E-state index in [1.165, 1.54) is 5.56 Å². The molecular formula is C14H18BrN3. The van der Waals surface area contributed by atoms with Gasteiger partial charge in [0.05, 0.1) is 0 Å². The molecule has 0 atom stereocenters. The lowest BCUT2D eigenvalue weighted by Gasteiger charge is -2.12. The number of aromatic nitrogens is 2. The lowest BCUT2D eigenvalue weighted by atomic mass is 10.2. The highest BCUT2D eigenvalue weighted by Crippen LogP contribution is 2.22. The van der Waals surface area contributed by atoms with Crippen LogP contribution in [0.25, 0.3) is 0 Å². The van der Waals surface area contributed by atoms with Gasteiger partial charge in [0, 0.05) is 29.1 Å². The molecule has 0 radical (unpaired) electrons. The number of rotatable bonds is 4. The monoisotopic (exact) mass is 307 g/mol. The quantitative estimate of drug-likeness (QED) is 0.910. The highest BCUT2D eigenvalue weighted by molar-refractivity contribution is 9.10. The van der Waals surface area contributed by atoms with Crippen molar-refractivity contribution in [2.24, 2.45) is 5.92 Å². The Morgan fingerprint density at radius 1 is 1.39 bits per heavy atom. The molecule has 2 rings (SSSR count). The second-order valence-electron chi connectivity index (χ2n) is 4.89. The molecule has 0 unspecified atom stereocenters. The Bertz CT molecular complexity index is 532. The van der Waals surface area contributed by atoms with Gasteiger partial charge in [-0.1, -0.05) is 29.8 Å². The number of nitrogens with one attached hydrogen (secondary N) is 1. The molecule has 0 bridgehead atoms. The van der Waals surface area contributed by atoms with Crippen molar-refractivity contribution in [3.8, 4) is 0 Å². The minimum Gasteiger partial charge on any atom is -0.326 e. The summed E-state index contributed by atoms with van der Waals surface area (Å²) in [6.07, 6.45) is 3.84. The van der Waals surface area contributed by atoms with Gasteiger partial charge in [-0.3, -0.25) is 0 Å². The first-order valence-corrected chi connectivity index (χ1v) is 6.90. The predicted octanol–water partition coefficient (Wildman–Crippen LogP) is 4.35. The smallest absolute Gasteiger partial charge is 0.207 e. The van der Waals surface area contributed by atoms with Crippen molar-refractivity contribution >= 4 is 27.6 Å². The summed E-state index contributed by atoms with van der Waals surface area (Å²) in [5.41, 5.74) is 2.27. The summed E-state index contributed by atoms with van der Waals surface area (Å²) in [6.45, 7) is 7.45. The molecule has 3 nitrogen and oxygen atoms in total. The predicted molar refractivity (Wildman–Crippen MR) is 79.2 cm³/mol. The van der Waals surface area contributed by atoms with Gasteiger partial charge in [-0.15, -0.1) is 0 Å². The molecule has 1 heterocycles. The number of halogens is 1. The van der Waals surface area contributed by atoms with Crippen molar-refractivity contribution in [1.82, 2.24) is 9.55 Å². The molecule has 0 spiro atoms. The standard InChI is InChI=1S/C14H18BrN3/c1-10(2)9-18-7-6-16-14(18)17-12-4-5-13(15)11(3)8-12/h4-8,10H,9H2,1-3H3,(H,16,17). The summed E-state index contributed by atoms with van der Waals surface area (Å²) >= 11 is 3.51. The Morgan fingerprint density at radius 3 is 2.83 bits per heavy atom. The van der Waals surface area contributed by atoms with Crippen LogP contribution in [0.15, 0.2) is 35.1 Å². The van der Waals surface area contributed by atoms with Gasteiger partial charge in [0.25, 0.3) is 0 Å². The highest BCUT2D eigenvalue weighted by Gasteiger charge is 2.05. The van der Waals surface area contributed by atoms with Crippen molar-refractivity contribution in [3.63, 3.8) is 0 Å². The molecule has 4 heteroatoms. The van der Waals surface area contributed by atoms with E-state index in [1.807, 2.05) is 24.5 Å². The summed E-state index contributed by atoms with van der Waals surface area (Å²) in [6, 6.07) is 6.21. The number of aryl methyl sites for hydroxylation is 1. The molecule has 0 saturated carbocycles. The second kappa shape index (κ2) is 5.57. The third kappa shape index (κ3) is 3.13. The number of anilines is 2. The third-order valence-electron chi connectivity index (χ3n) is 2.69. The van der Waals surface area contributed by atoms with Crippen LogP contribution in [0.3, 0.4) is 0 Å². The van der Waals surface area contributed by atoms with Crippen LogP contribution in [0, 0.1) is 12.8 Å². The van der Waals surface area contributed by atoms with E-state index in [-0.39, 0.29) is 0 Å². The average molecular weight is 308 g/mol. The Hall–Kier alpha value is -1.29. The SMILES string of the molecule is Cc1cc(Nc2nccn2CC(C)C)ccc1Br. The van der Waals surface area contributed by atoms with Crippen LogP contribution in [0.4, 0.5) is 11.6 Å². The summed E-state index contributed by atoms with van der Waals surface area (Å²) in [5.74, 6) is 1.50. The van der Waals surface area contributed by atoms with Crippen LogP contribution in [0.1, 0.15) is 19.4 Å². The normalized spacial score (nSPS) is 10.9. The maximum atomic E-state index is 4.36. The molecule has 0 saturated heterocycles. The number of benzene rings is 1. The maximum Gasteiger partial charge on any atom is 0.207 e. The molecule has 2 aromatic rings. The zero-order valence-electron chi connectivity index (χ0n) is 10.9. The van der Waals surface area contributed by atoms with Gasteiger partial charge in [-0.05, 0) is 36.6 Å². The van der Waals surface area contributed by atoms with Crippen LogP contribution in [-0.4, -0.2) is 9.55 Å². The minimum absolute atomic E-state index is 0.603. The lowest BCUT2D eigenvalue weighted by Crippen LogP contribution is -2.07. The van der Waals surface area contributed by atoms with Gasteiger partial charge in [-0.2, -0.15) is 0 Å². The Balaban J connectivity index is 2.18. The van der Waals surface area contributed by atoms with E-state index in [9.17, 15) is 0 Å². The first kappa shape index (κ1) is 13.1. The van der Waals surface area contributed by atoms with Crippen LogP contribution in [0.2, 0.25) is 0 Å². The fourth-order valence-corrected chi connectivity index (χ4v) is 2.07. The summed E-state index contributed by atoms with van der Waals surface area (Å²) in [7, 11) is 0. The zero-order chi connectivity index (χ0) is 13.1. The number of nitrogens with zero attached hydrogens (tertiary/aromatic N) is 2. The van der Waals surface area contributed by atoms with Gasteiger partial charge >= 0.3 is 0 Å². The minimum atomic E-state index is 0.603. The van der Waals surface area contributed by atoms with Crippen molar-refractivity contribution in [1.29, 1.82) is 0 Å². The molecule has 0 aliphatic heterocycles. The number of hydrogen-bond donors (Lipinski definition) is 1. The van der Waals surface area contributed by atoms with E-state index in [2.05, 4.69) is 57.6 Å². The van der Waals surface area contributed by atoms with E-state index in [1.54, 1.807) is 0 Å². The topological polar surface area (TPSA) is 29.9 Å². The fourth-order valence-electron chi connectivity index (χ4n) is 1.83. The van der Waals surface area contributed by atoms with Gasteiger partial charge < -0.3 is 9.88 Å². The molecule has 0 fully saturated rings. The average Bonchev–Trinajstić information content (AvgIpc) is 2.70. The van der Waals surface area contributed by atoms with Gasteiger partial charge in [-0.25, -0.2) is 4.98 Å². The third-order valence-corrected chi connectivity index (χ3v) is 3.58. The molecule has 1 aromatic carbocycles. The number of hydrogen-bond acceptors (Lipinski definition) is 2. The second-order valence-corrected chi connectivity index (χ2v) is 5.74. The van der Waals surface area contributed by atoms with Gasteiger partial charge in [0.1, 0.15) is 0 Å². The van der Waals surface area contributed by atoms with E-state index >= 15 is 0 Å². The molecule has 18 heavy (non-hydrogen) atoms. The molecule has 1 N–H and O–H groups in total. The van der Waals surface area contributed by atoms with Crippen LogP contribution in [0.5, 0.6) is 0 Å². The first-order chi connectivity index (χ1) is 8.56.